The first-order valence-corrected chi connectivity index (χ1v) is 2.32. The average molecular weight is 166 g/mol. The molecule has 0 saturated carbocycles. The Hall–Kier alpha value is -0.450. The minimum Gasteiger partial charge on any atom is -0.234 e. The quantitative estimate of drug-likeness (QED) is 0.616. The fourth-order valence-corrected chi connectivity index (χ4v) is 0.468. The Labute approximate surface area is 47.1 Å². The lowest BCUT2D eigenvalue weighted by atomic mass is 11.3. The molecule has 1 aromatic rings. The Morgan fingerprint density at radius 2 is 2.43 bits per heavy atom. The van der Waals surface area contributed by atoms with Crippen molar-refractivity contribution in [2.24, 2.45) is 0 Å². The Morgan fingerprint density at radius 3 is 2.57 bits per heavy atom. The van der Waals surface area contributed by atoms with Gasteiger partial charge in [-0.05, 0) is 15.9 Å². The van der Waals surface area contributed by atoms with E-state index in [0.29, 0.717) is 0 Å². The minimum absolute atomic E-state index is 0.241. The molecule has 3 nitrogen and oxygen atoms in total. The van der Waals surface area contributed by atoms with Crippen LogP contribution in [0, 0.1) is 6.08 Å². The van der Waals surface area contributed by atoms with Crippen molar-refractivity contribution in [3.05, 3.63) is 10.8 Å². The molecule has 0 aromatic carbocycles. The van der Waals surface area contributed by atoms with E-state index < -0.39 is 6.08 Å². The van der Waals surface area contributed by atoms with Crippen LogP contribution in [0.2, 0.25) is 0 Å². The van der Waals surface area contributed by atoms with Gasteiger partial charge in [0.15, 0.2) is 0 Å². The van der Waals surface area contributed by atoms with Gasteiger partial charge in [-0.3, -0.25) is 0 Å². The molecule has 1 rings (SSSR count). The van der Waals surface area contributed by atoms with Gasteiger partial charge in [0.05, 0.1) is 0 Å². The number of aromatic nitrogens is 3. The molecule has 0 atom stereocenters. The van der Waals surface area contributed by atoms with Gasteiger partial charge >= 0.3 is 6.08 Å². The first-order chi connectivity index (χ1) is 3.29. The number of aromatic amines is 1. The molecule has 0 radical (unpaired) electrons. The third-order valence-electron chi connectivity index (χ3n) is 0.431. The van der Waals surface area contributed by atoms with Crippen LogP contribution in [0.5, 0.6) is 0 Å². The fraction of sp³-hybridized carbons (Fsp3) is 0. The standard InChI is InChI=1S/C2HBrFN3/c3-1-5-2(4)7-6-1/h(H,5,6,7). The normalized spacial score (nSPS) is 9.43. The average Bonchev–Trinajstić information content (AvgIpc) is 1.87. The largest absolute Gasteiger partial charge is 0.305 e. The number of nitrogens with one attached hydrogen (secondary N) is 1. The van der Waals surface area contributed by atoms with Gasteiger partial charge in [0.1, 0.15) is 0 Å². The highest BCUT2D eigenvalue weighted by Gasteiger charge is 1.92. The van der Waals surface area contributed by atoms with Gasteiger partial charge < -0.3 is 0 Å². The highest BCUT2D eigenvalue weighted by atomic mass is 79.9. The molecule has 1 heterocycles. The van der Waals surface area contributed by atoms with Gasteiger partial charge in [-0.1, -0.05) is 0 Å². The highest BCUT2D eigenvalue weighted by molar-refractivity contribution is 9.10. The predicted octanol–water partition coefficient (Wildman–Crippen LogP) is 0.706. The van der Waals surface area contributed by atoms with Gasteiger partial charge in [0, 0.05) is 0 Å². The van der Waals surface area contributed by atoms with Gasteiger partial charge in [-0.2, -0.15) is 9.37 Å². The van der Waals surface area contributed by atoms with Crippen LogP contribution < -0.4 is 0 Å². The SMILES string of the molecule is Fc1nc(Br)n[nH]1. The predicted molar refractivity (Wildman–Crippen MR) is 24.0 cm³/mol. The van der Waals surface area contributed by atoms with Crippen molar-refractivity contribution in [3.63, 3.8) is 0 Å². The zero-order chi connectivity index (χ0) is 5.28. The van der Waals surface area contributed by atoms with Crippen molar-refractivity contribution in [2.45, 2.75) is 0 Å². The first-order valence-electron chi connectivity index (χ1n) is 1.52. The number of hydrogen-bond acceptors (Lipinski definition) is 2. The molecular formula is C2HBrFN3. The Morgan fingerprint density at radius 1 is 1.71 bits per heavy atom. The van der Waals surface area contributed by atoms with Gasteiger partial charge in [-0.15, -0.1) is 5.10 Å². The lowest BCUT2D eigenvalue weighted by molar-refractivity contribution is 0.544. The van der Waals surface area contributed by atoms with Crippen molar-refractivity contribution in [2.75, 3.05) is 0 Å². The summed E-state index contributed by atoms with van der Waals surface area (Å²) in [5, 5.41) is 5.32. The van der Waals surface area contributed by atoms with E-state index in [1.807, 2.05) is 5.10 Å². The summed E-state index contributed by atoms with van der Waals surface area (Å²) in [6.07, 6.45) is -0.674. The highest BCUT2D eigenvalue weighted by Crippen LogP contribution is 1.97. The molecule has 1 aromatic heterocycles. The summed E-state index contributed by atoms with van der Waals surface area (Å²) in [7, 11) is 0. The fourth-order valence-electron chi connectivity index (χ4n) is 0.223. The molecule has 0 aliphatic rings. The van der Waals surface area contributed by atoms with Crippen LogP contribution in [-0.2, 0) is 0 Å². The van der Waals surface area contributed by atoms with Crippen LogP contribution >= 0.6 is 15.9 Å². The molecule has 7 heavy (non-hydrogen) atoms. The second-order valence-corrected chi connectivity index (χ2v) is 1.60. The van der Waals surface area contributed by atoms with E-state index in [2.05, 4.69) is 26.0 Å². The minimum atomic E-state index is -0.674. The van der Waals surface area contributed by atoms with E-state index in [0.717, 1.165) is 0 Å². The first kappa shape index (κ1) is 4.70. The van der Waals surface area contributed by atoms with E-state index in [9.17, 15) is 4.39 Å². The molecule has 1 N–H and O–H groups in total. The van der Waals surface area contributed by atoms with Gasteiger partial charge in [0.25, 0.3) is 0 Å². The summed E-state index contributed by atoms with van der Waals surface area (Å²) in [5.74, 6) is 0. The molecule has 0 unspecified atom stereocenters. The molecule has 0 spiro atoms. The second kappa shape index (κ2) is 1.57. The molecule has 0 aliphatic heterocycles. The molecule has 38 valence electrons. The van der Waals surface area contributed by atoms with Crippen molar-refractivity contribution < 1.29 is 4.39 Å². The number of nitrogens with zero attached hydrogens (tertiary/aromatic N) is 2. The van der Waals surface area contributed by atoms with Crippen LogP contribution in [-0.4, -0.2) is 15.2 Å². The monoisotopic (exact) mass is 165 g/mol. The van der Waals surface area contributed by atoms with Crippen LogP contribution in [0.15, 0.2) is 4.73 Å². The number of hydrogen-bond donors (Lipinski definition) is 1. The lowest BCUT2D eigenvalue weighted by Gasteiger charge is -1.61. The van der Waals surface area contributed by atoms with Gasteiger partial charge in [-0.25, -0.2) is 5.10 Å². The summed E-state index contributed by atoms with van der Waals surface area (Å²) >= 11 is 2.84. The van der Waals surface area contributed by atoms with Crippen molar-refractivity contribution in [3.8, 4) is 0 Å². The molecule has 0 aliphatic carbocycles. The summed E-state index contributed by atoms with van der Waals surface area (Å²) in [4.78, 5) is 3.19. The van der Waals surface area contributed by atoms with E-state index in [-0.39, 0.29) is 4.73 Å². The number of H-pyrrole nitrogens is 1. The summed E-state index contributed by atoms with van der Waals surface area (Å²) in [6.45, 7) is 0. The van der Waals surface area contributed by atoms with E-state index in [1.54, 1.807) is 0 Å². The van der Waals surface area contributed by atoms with Crippen LogP contribution in [0.25, 0.3) is 0 Å². The maximum absolute atomic E-state index is 11.7. The van der Waals surface area contributed by atoms with Crippen molar-refractivity contribution in [1.29, 1.82) is 0 Å². The molecule has 5 heteroatoms. The second-order valence-electron chi connectivity index (χ2n) is 0.895. The van der Waals surface area contributed by atoms with E-state index >= 15 is 0 Å². The molecule has 0 fully saturated rings. The summed E-state index contributed by atoms with van der Waals surface area (Å²) in [6, 6.07) is 0. The Kier molecular flexibility index (Phi) is 1.06. The Bertz CT molecular complexity index is 145. The van der Waals surface area contributed by atoms with E-state index in [4.69, 9.17) is 0 Å². The maximum Gasteiger partial charge on any atom is 0.305 e. The lowest BCUT2D eigenvalue weighted by Crippen LogP contribution is -1.70. The van der Waals surface area contributed by atoms with Crippen LogP contribution in [0.3, 0.4) is 0 Å². The van der Waals surface area contributed by atoms with Crippen LogP contribution in [0.1, 0.15) is 0 Å². The van der Waals surface area contributed by atoms with Gasteiger partial charge in [0.2, 0.25) is 4.73 Å². The smallest absolute Gasteiger partial charge is 0.234 e. The third kappa shape index (κ3) is 0.957. The topological polar surface area (TPSA) is 41.6 Å². The molecule has 0 saturated heterocycles. The summed E-state index contributed by atoms with van der Waals surface area (Å²) < 4.78 is 11.9. The Balaban J connectivity index is 3.04. The molecular weight excluding hydrogens is 165 g/mol. The third-order valence-corrected chi connectivity index (χ3v) is 0.785. The maximum atomic E-state index is 11.7. The van der Waals surface area contributed by atoms with Crippen LogP contribution in [0.4, 0.5) is 4.39 Å². The van der Waals surface area contributed by atoms with Crippen molar-refractivity contribution >= 4 is 15.9 Å². The summed E-state index contributed by atoms with van der Waals surface area (Å²) in [5.41, 5.74) is 0. The zero-order valence-electron chi connectivity index (χ0n) is 3.15. The van der Waals surface area contributed by atoms with Crippen molar-refractivity contribution in [1.82, 2.24) is 15.2 Å². The number of rotatable bonds is 0. The zero-order valence-corrected chi connectivity index (χ0v) is 4.74. The molecule has 0 bridgehead atoms. The van der Waals surface area contributed by atoms with E-state index in [1.165, 1.54) is 0 Å². The number of halogens is 2. The molecule has 0 amide bonds.